The van der Waals surface area contributed by atoms with Gasteiger partial charge in [-0.1, -0.05) is 23.7 Å². The summed E-state index contributed by atoms with van der Waals surface area (Å²) in [5.74, 6) is 0. The van der Waals surface area contributed by atoms with Gasteiger partial charge in [-0.05, 0) is 54.8 Å². The van der Waals surface area contributed by atoms with Gasteiger partial charge in [-0.3, -0.25) is 9.08 Å². The zero-order chi connectivity index (χ0) is 17.2. The van der Waals surface area contributed by atoms with Crippen molar-refractivity contribution in [1.82, 2.24) is 4.73 Å². The molecule has 2 rings (SSSR count). The lowest BCUT2D eigenvalue weighted by molar-refractivity contribution is 0.267. The third-order valence-corrected chi connectivity index (χ3v) is 3.71. The van der Waals surface area contributed by atoms with Gasteiger partial charge in [-0.2, -0.15) is 8.42 Å². The molecule has 0 amide bonds. The van der Waals surface area contributed by atoms with Crippen molar-refractivity contribution in [3.8, 4) is 0 Å². The van der Waals surface area contributed by atoms with Crippen LogP contribution in [0.1, 0.15) is 23.7 Å². The molecular formula is C16H16ClNO4S. The number of pyridine rings is 1. The standard InChI is InChI=1S/C16H16ClNO4S/c1-11-8-15(18(16(19)9-11)22-23(3,20)21)10-12(2)13-4-6-14(17)7-5-13/h4-10H,1-3H3/b12-10+. The van der Waals surface area contributed by atoms with Gasteiger partial charge in [0.25, 0.3) is 5.56 Å². The third kappa shape index (κ3) is 4.71. The van der Waals surface area contributed by atoms with Crippen molar-refractivity contribution in [3.63, 3.8) is 0 Å². The van der Waals surface area contributed by atoms with Crippen LogP contribution in [0.25, 0.3) is 11.6 Å². The van der Waals surface area contributed by atoms with Crippen LogP contribution < -0.4 is 9.84 Å². The molecule has 0 saturated carbocycles. The summed E-state index contributed by atoms with van der Waals surface area (Å²) in [4.78, 5) is 12.0. The Morgan fingerprint density at radius 1 is 1.22 bits per heavy atom. The predicted molar refractivity (Wildman–Crippen MR) is 91.9 cm³/mol. The molecule has 0 aliphatic heterocycles. The number of nitrogens with zero attached hydrogens (tertiary/aromatic N) is 1. The van der Waals surface area contributed by atoms with Gasteiger partial charge in [-0.25, -0.2) is 0 Å². The topological polar surface area (TPSA) is 65.4 Å². The normalized spacial score (nSPS) is 12.3. The van der Waals surface area contributed by atoms with Crippen molar-refractivity contribution >= 4 is 33.4 Å². The lowest BCUT2D eigenvalue weighted by Crippen LogP contribution is -2.31. The maximum atomic E-state index is 12.0. The fraction of sp³-hybridized carbons (Fsp3) is 0.188. The van der Waals surface area contributed by atoms with Crippen LogP contribution in [0.2, 0.25) is 5.02 Å². The van der Waals surface area contributed by atoms with Gasteiger partial charge in [0.1, 0.15) is 0 Å². The van der Waals surface area contributed by atoms with Gasteiger partial charge in [0.15, 0.2) is 0 Å². The molecule has 2 aromatic rings. The molecule has 5 nitrogen and oxygen atoms in total. The van der Waals surface area contributed by atoms with E-state index in [4.69, 9.17) is 15.9 Å². The van der Waals surface area contributed by atoms with Crippen molar-refractivity contribution in [2.75, 3.05) is 6.26 Å². The largest absolute Gasteiger partial charge is 0.324 e. The number of allylic oxidation sites excluding steroid dienone is 1. The molecule has 23 heavy (non-hydrogen) atoms. The zero-order valence-corrected chi connectivity index (χ0v) is 14.5. The van der Waals surface area contributed by atoms with Gasteiger partial charge >= 0.3 is 10.1 Å². The fourth-order valence-corrected chi connectivity index (χ4v) is 2.60. The molecule has 0 bridgehead atoms. The molecule has 1 heterocycles. The first-order valence-electron chi connectivity index (χ1n) is 6.73. The number of rotatable bonds is 4. The molecule has 0 unspecified atom stereocenters. The van der Waals surface area contributed by atoms with E-state index in [1.807, 2.05) is 19.1 Å². The first-order valence-corrected chi connectivity index (χ1v) is 8.93. The molecule has 1 aromatic carbocycles. The fourth-order valence-electron chi connectivity index (χ4n) is 2.05. The smallest absolute Gasteiger partial charge is 0.284 e. The van der Waals surface area contributed by atoms with Gasteiger partial charge in [-0.15, -0.1) is 4.73 Å². The van der Waals surface area contributed by atoms with Crippen molar-refractivity contribution in [1.29, 1.82) is 0 Å². The molecule has 0 fully saturated rings. The molecule has 0 N–H and O–H groups in total. The Morgan fingerprint density at radius 3 is 2.39 bits per heavy atom. The number of hydrogen-bond donors (Lipinski definition) is 0. The highest BCUT2D eigenvalue weighted by Gasteiger charge is 2.11. The molecule has 0 radical (unpaired) electrons. The highest BCUT2D eigenvalue weighted by atomic mass is 35.5. The summed E-state index contributed by atoms with van der Waals surface area (Å²) in [6, 6.07) is 10.2. The Kier molecular flexibility index (Phi) is 4.97. The molecule has 7 heteroatoms. The molecule has 122 valence electrons. The van der Waals surface area contributed by atoms with E-state index in [-0.39, 0.29) is 0 Å². The van der Waals surface area contributed by atoms with Gasteiger partial charge in [0.2, 0.25) is 0 Å². The van der Waals surface area contributed by atoms with Crippen LogP contribution in [-0.2, 0) is 10.1 Å². The maximum Gasteiger partial charge on any atom is 0.324 e. The van der Waals surface area contributed by atoms with Gasteiger partial charge in [0, 0.05) is 11.1 Å². The molecule has 0 atom stereocenters. The Labute approximate surface area is 139 Å². The third-order valence-electron chi connectivity index (χ3n) is 3.04. The van der Waals surface area contributed by atoms with Crippen molar-refractivity contribution in [2.45, 2.75) is 13.8 Å². The van der Waals surface area contributed by atoms with E-state index in [0.29, 0.717) is 16.3 Å². The zero-order valence-electron chi connectivity index (χ0n) is 12.9. The molecule has 0 spiro atoms. The minimum Gasteiger partial charge on any atom is -0.284 e. The SMILES string of the molecule is C/C(=C\c1cc(C)cc(=O)n1OS(C)(=O)=O)c1ccc(Cl)cc1. The maximum absolute atomic E-state index is 12.0. The minimum atomic E-state index is -3.82. The van der Waals surface area contributed by atoms with E-state index >= 15 is 0 Å². The highest BCUT2D eigenvalue weighted by Crippen LogP contribution is 2.19. The second kappa shape index (κ2) is 6.60. The van der Waals surface area contributed by atoms with Gasteiger partial charge in [0.05, 0.1) is 11.9 Å². The lowest BCUT2D eigenvalue weighted by atomic mass is 10.1. The van der Waals surface area contributed by atoms with E-state index in [1.54, 1.807) is 31.2 Å². The van der Waals surface area contributed by atoms with Crippen LogP contribution >= 0.6 is 11.6 Å². The first kappa shape index (κ1) is 17.3. The molecule has 1 aromatic heterocycles. The Bertz CT molecular complexity index is 912. The highest BCUT2D eigenvalue weighted by molar-refractivity contribution is 7.86. The Morgan fingerprint density at radius 2 is 1.83 bits per heavy atom. The van der Waals surface area contributed by atoms with Crippen molar-refractivity contribution in [3.05, 3.63) is 68.6 Å². The number of hydrogen-bond acceptors (Lipinski definition) is 4. The summed E-state index contributed by atoms with van der Waals surface area (Å²) >= 11 is 5.86. The van der Waals surface area contributed by atoms with Crippen LogP contribution in [0.3, 0.4) is 0 Å². The predicted octanol–water partition coefficient (Wildman–Crippen LogP) is 2.76. The number of aryl methyl sites for hydroxylation is 1. The lowest BCUT2D eigenvalue weighted by Gasteiger charge is -2.11. The molecule has 0 saturated heterocycles. The van der Waals surface area contributed by atoms with E-state index < -0.39 is 15.7 Å². The van der Waals surface area contributed by atoms with Crippen LogP contribution in [0.15, 0.2) is 41.2 Å². The van der Waals surface area contributed by atoms with E-state index in [1.165, 1.54) is 6.07 Å². The van der Waals surface area contributed by atoms with Gasteiger partial charge < -0.3 is 0 Å². The minimum absolute atomic E-state index is 0.341. The molecule has 0 aliphatic carbocycles. The van der Waals surface area contributed by atoms with E-state index in [9.17, 15) is 13.2 Å². The van der Waals surface area contributed by atoms with Crippen LogP contribution in [-0.4, -0.2) is 19.4 Å². The number of benzene rings is 1. The molecule has 0 aliphatic rings. The average molecular weight is 354 g/mol. The summed E-state index contributed by atoms with van der Waals surface area (Å²) in [5.41, 5.74) is 2.23. The Balaban J connectivity index is 2.55. The summed E-state index contributed by atoms with van der Waals surface area (Å²) in [7, 11) is -3.82. The average Bonchev–Trinajstić information content (AvgIpc) is 2.42. The monoisotopic (exact) mass is 353 g/mol. The second-order valence-electron chi connectivity index (χ2n) is 5.20. The van der Waals surface area contributed by atoms with Crippen LogP contribution in [0.4, 0.5) is 0 Å². The van der Waals surface area contributed by atoms with Crippen LogP contribution in [0.5, 0.6) is 0 Å². The summed E-state index contributed by atoms with van der Waals surface area (Å²) in [5, 5.41) is 0.620. The molecular weight excluding hydrogens is 338 g/mol. The summed E-state index contributed by atoms with van der Waals surface area (Å²) in [6.07, 6.45) is 2.57. The summed E-state index contributed by atoms with van der Waals surface area (Å²) in [6.45, 7) is 3.60. The van der Waals surface area contributed by atoms with Crippen molar-refractivity contribution < 1.29 is 12.7 Å². The number of aromatic nitrogens is 1. The summed E-state index contributed by atoms with van der Waals surface area (Å²) < 4.78 is 28.3. The second-order valence-corrected chi connectivity index (χ2v) is 7.20. The van der Waals surface area contributed by atoms with Crippen LogP contribution in [0, 0.1) is 6.92 Å². The first-order chi connectivity index (χ1) is 10.7. The van der Waals surface area contributed by atoms with E-state index in [2.05, 4.69) is 0 Å². The van der Waals surface area contributed by atoms with E-state index in [0.717, 1.165) is 22.1 Å². The quantitative estimate of drug-likeness (QED) is 0.847. The Hall–Kier alpha value is -2.05. The van der Waals surface area contributed by atoms with Crippen molar-refractivity contribution in [2.24, 2.45) is 0 Å². The number of halogens is 1.